The molecule has 0 radical (unpaired) electrons. The lowest BCUT2D eigenvalue weighted by atomic mass is 10.2. The smallest absolute Gasteiger partial charge is 0.133 e. The van der Waals surface area contributed by atoms with E-state index in [0.717, 1.165) is 43.4 Å². The first-order valence-electron chi connectivity index (χ1n) is 6.45. The van der Waals surface area contributed by atoms with Gasteiger partial charge in [-0.25, -0.2) is 9.37 Å². The normalized spacial score (nSPS) is 16.7. The molecule has 100 valence electrons. The topological polar surface area (TPSA) is 28.2 Å². The fourth-order valence-electron chi connectivity index (χ4n) is 2.24. The maximum atomic E-state index is 13.7. The molecule has 5 heteroatoms. The van der Waals surface area contributed by atoms with Gasteiger partial charge < -0.3 is 5.32 Å². The van der Waals surface area contributed by atoms with Gasteiger partial charge in [0, 0.05) is 43.7 Å². The van der Waals surface area contributed by atoms with Crippen LogP contribution in [0.3, 0.4) is 0 Å². The Morgan fingerprint density at radius 2 is 2.05 bits per heavy atom. The quantitative estimate of drug-likeness (QED) is 0.933. The number of hydrogen-bond donors (Lipinski definition) is 1. The Labute approximate surface area is 116 Å². The van der Waals surface area contributed by atoms with Crippen LogP contribution in [0.1, 0.15) is 5.69 Å². The van der Waals surface area contributed by atoms with Crippen molar-refractivity contribution in [3.8, 4) is 10.6 Å². The number of hydrogen-bond acceptors (Lipinski definition) is 4. The number of rotatable bonds is 3. The summed E-state index contributed by atoms with van der Waals surface area (Å²) in [5.74, 6) is -0.203. The van der Waals surface area contributed by atoms with E-state index in [4.69, 9.17) is 0 Å². The van der Waals surface area contributed by atoms with Crippen LogP contribution in [-0.2, 0) is 6.54 Å². The van der Waals surface area contributed by atoms with Crippen molar-refractivity contribution in [1.82, 2.24) is 15.2 Å². The zero-order chi connectivity index (χ0) is 13.1. The number of thiazole rings is 1. The van der Waals surface area contributed by atoms with Crippen molar-refractivity contribution in [3.63, 3.8) is 0 Å². The van der Waals surface area contributed by atoms with Crippen LogP contribution in [0.25, 0.3) is 10.6 Å². The minimum Gasteiger partial charge on any atom is -0.314 e. The zero-order valence-electron chi connectivity index (χ0n) is 10.6. The highest BCUT2D eigenvalue weighted by Crippen LogP contribution is 2.26. The first kappa shape index (κ1) is 12.7. The van der Waals surface area contributed by atoms with Crippen LogP contribution >= 0.6 is 11.3 Å². The molecule has 19 heavy (non-hydrogen) atoms. The molecular weight excluding hydrogens is 261 g/mol. The van der Waals surface area contributed by atoms with Gasteiger partial charge in [-0.2, -0.15) is 0 Å². The average molecular weight is 277 g/mol. The van der Waals surface area contributed by atoms with Crippen molar-refractivity contribution in [1.29, 1.82) is 0 Å². The summed E-state index contributed by atoms with van der Waals surface area (Å²) in [6, 6.07) is 6.80. The maximum Gasteiger partial charge on any atom is 0.133 e. The summed E-state index contributed by atoms with van der Waals surface area (Å²) in [6.45, 7) is 5.01. The highest BCUT2D eigenvalue weighted by atomic mass is 32.1. The van der Waals surface area contributed by atoms with Gasteiger partial charge in [0.15, 0.2) is 0 Å². The summed E-state index contributed by atoms with van der Waals surface area (Å²) in [4.78, 5) is 6.92. The third-order valence-electron chi connectivity index (χ3n) is 3.25. The lowest BCUT2D eigenvalue weighted by Crippen LogP contribution is -2.42. The van der Waals surface area contributed by atoms with Crippen LogP contribution in [0.5, 0.6) is 0 Å². The van der Waals surface area contributed by atoms with Gasteiger partial charge >= 0.3 is 0 Å². The fraction of sp³-hybridized carbons (Fsp3) is 0.357. The molecule has 1 aromatic heterocycles. The molecule has 0 saturated carbocycles. The summed E-state index contributed by atoms with van der Waals surface area (Å²) in [7, 11) is 0. The molecule has 0 atom stereocenters. The van der Waals surface area contributed by atoms with E-state index in [0.29, 0.717) is 5.56 Å². The Hall–Kier alpha value is -1.30. The van der Waals surface area contributed by atoms with Crippen molar-refractivity contribution in [2.75, 3.05) is 26.2 Å². The maximum absolute atomic E-state index is 13.7. The van der Waals surface area contributed by atoms with Crippen molar-refractivity contribution in [2.45, 2.75) is 6.54 Å². The van der Waals surface area contributed by atoms with E-state index in [1.807, 2.05) is 11.4 Å². The minimum atomic E-state index is -0.203. The third kappa shape index (κ3) is 3.00. The number of aromatic nitrogens is 1. The highest BCUT2D eigenvalue weighted by Gasteiger charge is 2.13. The van der Waals surface area contributed by atoms with E-state index in [9.17, 15) is 4.39 Å². The molecule has 1 fully saturated rings. The van der Waals surface area contributed by atoms with E-state index in [1.165, 1.54) is 17.4 Å². The second-order valence-electron chi connectivity index (χ2n) is 4.65. The summed E-state index contributed by atoms with van der Waals surface area (Å²) < 4.78 is 13.7. The monoisotopic (exact) mass is 277 g/mol. The summed E-state index contributed by atoms with van der Waals surface area (Å²) in [5, 5.41) is 6.13. The number of piperazine rings is 1. The standard InChI is InChI=1S/C14H16FN3S/c15-13-4-2-1-3-12(13)14-17-11(10-19-14)9-18-7-5-16-6-8-18/h1-4,10,16H,5-9H2. The van der Waals surface area contributed by atoms with Crippen LogP contribution < -0.4 is 5.32 Å². The molecule has 1 saturated heterocycles. The Morgan fingerprint density at radius 1 is 1.26 bits per heavy atom. The molecule has 0 amide bonds. The van der Waals surface area contributed by atoms with Crippen molar-refractivity contribution < 1.29 is 4.39 Å². The van der Waals surface area contributed by atoms with Crippen LogP contribution in [-0.4, -0.2) is 36.1 Å². The lowest BCUT2D eigenvalue weighted by Gasteiger charge is -2.26. The largest absolute Gasteiger partial charge is 0.314 e. The summed E-state index contributed by atoms with van der Waals surface area (Å²) >= 11 is 1.51. The van der Waals surface area contributed by atoms with Crippen molar-refractivity contribution in [3.05, 3.63) is 41.2 Å². The molecular formula is C14H16FN3S. The first-order chi connectivity index (χ1) is 9.33. The molecule has 3 nitrogen and oxygen atoms in total. The Kier molecular flexibility index (Phi) is 3.87. The molecule has 2 aromatic rings. The molecule has 1 N–H and O–H groups in total. The molecule has 0 aliphatic carbocycles. The summed E-state index contributed by atoms with van der Waals surface area (Å²) in [6.07, 6.45) is 0. The van der Waals surface area contributed by atoms with Gasteiger partial charge in [0.1, 0.15) is 10.8 Å². The average Bonchev–Trinajstić information content (AvgIpc) is 2.89. The molecule has 1 aliphatic rings. The predicted molar refractivity (Wildman–Crippen MR) is 75.7 cm³/mol. The third-order valence-corrected chi connectivity index (χ3v) is 4.18. The van der Waals surface area contributed by atoms with Gasteiger partial charge in [0.2, 0.25) is 0 Å². The van der Waals surface area contributed by atoms with Crippen LogP contribution in [0.4, 0.5) is 4.39 Å². The van der Waals surface area contributed by atoms with E-state index in [2.05, 4.69) is 15.2 Å². The number of nitrogens with zero attached hydrogens (tertiary/aromatic N) is 2. The van der Waals surface area contributed by atoms with E-state index >= 15 is 0 Å². The zero-order valence-corrected chi connectivity index (χ0v) is 11.4. The van der Waals surface area contributed by atoms with Crippen LogP contribution in [0.15, 0.2) is 29.6 Å². The molecule has 1 aromatic carbocycles. The highest BCUT2D eigenvalue weighted by molar-refractivity contribution is 7.13. The fourth-order valence-corrected chi connectivity index (χ4v) is 3.07. The molecule has 3 rings (SSSR count). The van der Waals surface area contributed by atoms with E-state index in [-0.39, 0.29) is 5.82 Å². The Bertz CT molecular complexity index is 549. The van der Waals surface area contributed by atoms with Gasteiger partial charge in [-0.1, -0.05) is 12.1 Å². The number of benzene rings is 1. The first-order valence-corrected chi connectivity index (χ1v) is 7.33. The van der Waals surface area contributed by atoms with Gasteiger partial charge in [-0.05, 0) is 12.1 Å². The second kappa shape index (κ2) is 5.77. The SMILES string of the molecule is Fc1ccccc1-c1nc(CN2CCNCC2)cs1. The molecule has 2 heterocycles. The number of halogens is 1. The minimum absolute atomic E-state index is 0.203. The van der Waals surface area contributed by atoms with Crippen molar-refractivity contribution in [2.24, 2.45) is 0 Å². The van der Waals surface area contributed by atoms with Crippen LogP contribution in [0, 0.1) is 5.82 Å². The van der Waals surface area contributed by atoms with Gasteiger partial charge in [0.05, 0.1) is 5.69 Å². The van der Waals surface area contributed by atoms with Gasteiger partial charge in [-0.3, -0.25) is 4.90 Å². The van der Waals surface area contributed by atoms with Gasteiger partial charge in [0.25, 0.3) is 0 Å². The van der Waals surface area contributed by atoms with E-state index in [1.54, 1.807) is 12.1 Å². The van der Waals surface area contributed by atoms with Gasteiger partial charge in [-0.15, -0.1) is 11.3 Å². The van der Waals surface area contributed by atoms with Crippen molar-refractivity contribution >= 4 is 11.3 Å². The number of nitrogens with one attached hydrogen (secondary N) is 1. The summed E-state index contributed by atoms with van der Waals surface area (Å²) in [5.41, 5.74) is 1.63. The van der Waals surface area contributed by atoms with Crippen LogP contribution in [0.2, 0.25) is 0 Å². The molecule has 0 unspecified atom stereocenters. The molecule has 0 bridgehead atoms. The predicted octanol–water partition coefficient (Wildman–Crippen LogP) is 2.35. The molecule has 0 spiro atoms. The Morgan fingerprint density at radius 3 is 2.84 bits per heavy atom. The lowest BCUT2D eigenvalue weighted by molar-refractivity contribution is 0.231. The van der Waals surface area contributed by atoms with E-state index < -0.39 is 0 Å². The molecule has 1 aliphatic heterocycles. The second-order valence-corrected chi connectivity index (χ2v) is 5.51. The Balaban J connectivity index is 1.74.